The second kappa shape index (κ2) is 7.63. The molecule has 148 valence electrons. The molecule has 0 unspecified atom stereocenters. The van der Waals surface area contributed by atoms with Crippen molar-refractivity contribution in [2.45, 2.75) is 19.9 Å². The first-order valence-corrected chi connectivity index (χ1v) is 9.95. The van der Waals surface area contributed by atoms with Gasteiger partial charge in [-0.3, -0.25) is 14.5 Å². The largest absolute Gasteiger partial charge is 0.475 e. The molecule has 0 bridgehead atoms. The number of thioether (sulfide) groups is 1. The number of para-hydroxylation sites is 1. The van der Waals surface area contributed by atoms with E-state index in [1.54, 1.807) is 12.1 Å². The van der Waals surface area contributed by atoms with Gasteiger partial charge in [-0.15, -0.1) is 0 Å². The molecule has 2 amide bonds. The molecule has 0 radical (unpaired) electrons. The molecule has 4 rings (SSSR count). The monoisotopic (exact) mass is 410 g/mol. The number of furan rings is 1. The van der Waals surface area contributed by atoms with Crippen molar-refractivity contribution in [2.75, 3.05) is 6.54 Å². The van der Waals surface area contributed by atoms with E-state index in [2.05, 4.69) is 0 Å². The third kappa shape index (κ3) is 3.58. The fraction of sp³-hybridized carbons (Fsp3) is 0.190. The van der Waals surface area contributed by atoms with E-state index in [4.69, 9.17) is 9.52 Å². The maximum absolute atomic E-state index is 12.5. The fourth-order valence-corrected chi connectivity index (χ4v) is 4.18. The molecule has 1 aromatic carbocycles. The number of carboxylic acids is 1. The molecule has 1 aliphatic rings. The number of imide groups is 1. The van der Waals surface area contributed by atoms with Crippen molar-refractivity contribution in [1.29, 1.82) is 0 Å². The lowest BCUT2D eigenvalue weighted by atomic mass is 10.1. The van der Waals surface area contributed by atoms with Gasteiger partial charge in [-0.2, -0.15) is 0 Å². The van der Waals surface area contributed by atoms with Crippen LogP contribution in [0.5, 0.6) is 0 Å². The van der Waals surface area contributed by atoms with Crippen molar-refractivity contribution < 1.29 is 23.9 Å². The highest BCUT2D eigenvalue weighted by atomic mass is 32.2. The molecule has 3 heterocycles. The van der Waals surface area contributed by atoms with Gasteiger partial charge in [-0.25, -0.2) is 4.79 Å². The van der Waals surface area contributed by atoms with Crippen molar-refractivity contribution >= 4 is 45.9 Å². The number of amides is 2. The summed E-state index contributed by atoms with van der Waals surface area (Å²) in [5.74, 6) is -0.979. The van der Waals surface area contributed by atoms with Gasteiger partial charge in [0.15, 0.2) is 0 Å². The van der Waals surface area contributed by atoms with Crippen LogP contribution in [0.2, 0.25) is 0 Å². The molecular weight excluding hydrogens is 392 g/mol. The predicted octanol–water partition coefficient (Wildman–Crippen LogP) is 4.43. The molecule has 3 aromatic rings. The zero-order valence-electron chi connectivity index (χ0n) is 15.6. The van der Waals surface area contributed by atoms with E-state index in [1.807, 2.05) is 42.0 Å². The number of hydrogen-bond acceptors (Lipinski definition) is 5. The molecule has 8 heteroatoms. The normalized spacial score (nSPS) is 15.8. The van der Waals surface area contributed by atoms with Crippen LogP contribution >= 0.6 is 11.8 Å². The van der Waals surface area contributed by atoms with Crippen LogP contribution in [-0.4, -0.2) is 38.2 Å². The molecule has 1 saturated heterocycles. The zero-order chi connectivity index (χ0) is 20.5. The number of carbonyl (C=O) groups is 3. The number of rotatable bonds is 6. The van der Waals surface area contributed by atoms with Crippen LogP contribution in [0.4, 0.5) is 4.79 Å². The maximum atomic E-state index is 12.5. The minimum absolute atomic E-state index is 0.110. The number of benzene rings is 1. The Bertz CT molecular complexity index is 1160. The Hall–Kier alpha value is -3.26. The summed E-state index contributed by atoms with van der Waals surface area (Å²) >= 11 is 0.950. The second-order valence-electron chi connectivity index (χ2n) is 6.63. The summed E-state index contributed by atoms with van der Waals surface area (Å²) < 4.78 is 7.30. The van der Waals surface area contributed by atoms with Crippen molar-refractivity contribution in [3.05, 3.63) is 64.6 Å². The fourth-order valence-electron chi connectivity index (χ4n) is 3.32. The highest BCUT2D eigenvalue weighted by Crippen LogP contribution is 2.34. The van der Waals surface area contributed by atoms with E-state index in [9.17, 15) is 14.4 Å². The average molecular weight is 410 g/mol. The summed E-state index contributed by atoms with van der Waals surface area (Å²) in [5, 5.41) is 9.72. The number of nitrogens with zero attached hydrogens (tertiary/aromatic N) is 2. The molecule has 1 N–H and O–H groups in total. The Morgan fingerprint density at radius 3 is 2.72 bits per heavy atom. The molecular formula is C21H18N2O5S. The van der Waals surface area contributed by atoms with Gasteiger partial charge in [0.25, 0.3) is 11.1 Å². The first-order chi connectivity index (χ1) is 14.0. The van der Waals surface area contributed by atoms with Gasteiger partial charge < -0.3 is 14.1 Å². The maximum Gasteiger partial charge on any atom is 0.371 e. The third-order valence-corrected chi connectivity index (χ3v) is 5.53. The number of carbonyl (C=O) groups excluding carboxylic acids is 2. The molecule has 0 saturated carbocycles. The quantitative estimate of drug-likeness (QED) is 0.605. The highest BCUT2D eigenvalue weighted by molar-refractivity contribution is 8.18. The van der Waals surface area contributed by atoms with Crippen LogP contribution < -0.4 is 0 Å². The zero-order valence-corrected chi connectivity index (χ0v) is 16.4. The van der Waals surface area contributed by atoms with E-state index in [0.29, 0.717) is 30.2 Å². The summed E-state index contributed by atoms with van der Waals surface area (Å²) in [4.78, 5) is 37.4. The van der Waals surface area contributed by atoms with Gasteiger partial charge >= 0.3 is 5.97 Å². The summed E-state index contributed by atoms with van der Waals surface area (Å²) in [7, 11) is 0. The van der Waals surface area contributed by atoms with Crippen molar-refractivity contribution in [3.63, 3.8) is 0 Å². The number of carboxylic acid groups (broad SMARTS) is 1. The Balaban J connectivity index is 1.70. The molecule has 1 aliphatic heterocycles. The van der Waals surface area contributed by atoms with Crippen LogP contribution in [0.15, 0.2) is 51.9 Å². The van der Waals surface area contributed by atoms with E-state index in [1.165, 1.54) is 11.0 Å². The molecule has 29 heavy (non-hydrogen) atoms. The lowest BCUT2D eigenvalue weighted by Gasteiger charge is -2.09. The summed E-state index contributed by atoms with van der Waals surface area (Å²) in [6.07, 6.45) is 4.33. The molecule has 1 fully saturated rings. The highest BCUT2D eigenvalue weighted by Gasteiger charge is 2.34. The van der Waals surface area contributed by atoms with Crippen molar-refractivity contribution in [3.8, 4) is 0 Å². The van der Waals surface area contributed by atoms with Crippen LogP contribution in [0.3, 0.4) is 0 Å². The summed E-state index contributed by atoms with van der Waals surface area (Å²) in [5.41, 5.74) is 1.73. The van der Waals surface area contributed by atoms with Gasteiger partial charge in [-0.05, 0) is 42.5 Å². The first-order valence-electron chi connectivity index (χ1n) is 9.13. The summed E-state index contributed by atoms with van der Waals surface area (Å²) in [6.45, 7) is 2.68. The Kier molecular flexibility index (Phi) is 5.02. The predicted molar refractivity (Wildman–Crippen MR) is 110 cm³/mol. The molecule has 7 nitrogen and oxygen atoms in total. The van der Waals surface area contributed by atoms with Crippen LogP contribution in [0, 0.1) is 0 Å². The molecule has 0 spiro atoms. The van der Waals surface area contributed by atoms with E-state index < -0.39 is 5.97 Å². The number of fused-ring (bicyclic) bond motifs is 1. The smallest absolute Gasteiger partial charge is 0.371 e. The van der Waals surface area contributed by atoms with Crippen LogP contribution in [0.25, 0.3) is 17.0 Å². The SMILES string of the molecule is CCCN1C(=O)S/C(=C\c2cn(Cc3ccc(C(=O)O)o3)c3ccccc23)C1=O. The molecule has 2 aromatic heterocycles. The van der Waals surface area contributed by atoms with E-state index in [0.717, 1.165) is 28.2 Å². The van der Waals surface area contributed by atoms with Gasteiger partial charge in [0.1, 0.15) is 5.76 Å². The van der Waals surface area contributed by atoms with E-state index >= 15 is 0 Å². The van der Waals surface area contributed by atoms with Gasteiger partial charge in [0.2, 0.25) is 5.76 Å². The minimum atomic E-state index is -1.11. The topological polar surface area (TPSA) is 92.8 Å². The second-order valence-corrected chi connectivity index (χ2v) is 7.63. The Labute approximate surface area is 170 Å². The number of aromatic carboxylic acids is 1. The van der Waals surface area contributed by atoms with Crippen LogP contribution in [0.1, 0.15) is 35.2 Å². The molecule has 0 atom stereocenters. The average Bonchev–Trinajstić information content (AvgIpc) is 3.37. The first kappa shape index (κ1) is 19.1. The van der Waals surface area contributed by atoms with Gasteiger partial charge in [0.05, 0.1) is 11.4 Å². The van der Waals surface area contributed by atoms with Crippen molar-refractivity contribution in [2.24, 2.45) is 0 Å². The Morgan fingerprint density at radius 2 is 2.00 bits per heavy atom. The minimum Gasteiger partial charge on any atom is -0.475 e. The summed E-state index contributed by atoms with van der Waals surface area (Å²) in [6, 6.07) is 10.8. The van der Waals surface area contributed by atoms with Gasteiger partial charge in [0, 0.05) is 29.2 Å². The molecule has 0 aliphatic carbocycles. The standard InChI is InChI=1S/C21H18N2O5S/c1-2-9-23-19(24)18(29-21(23)27)10-13-11-22(16-6-4-3-5-15(13)16)12-14-7-8-17(28-14)20(25)26/h3-8,10-11H,2,9,12H2,1H3,(H,25,26)/b18-10-. The number of aromatic nitrogens is 1. The Morgan fingerprint density at radius 1 is 1.21 bits per heavy atom. The van der Waals surface area contributed by atoms with Crippen LogP contribution in [-0.2, 0) is 11.3 Å². The third-order valence-electron chi connectivity index (χ3n) is 4.63. The number of hydrogen-bond donors (Lipinski definition) is 1. The van der Waals surface area contributed by atoms with E-state index in [-0.39, 0.29) is 16.9 Å². The van der Waals surface area contributed by atoms with Gasteiger partial charge in [-0.1, -0.05) is 25.1 Å². The van der Waals surface area contributed by atoms with Crippen molar-refractivity contribution in [1.82, 2.24) is 9.47 Å². The lowest BCUT2D eigenvalue weighted by Crippen LogP contribution is -2.28. The lowest BCUT2D eigenvalue weighted by molar-refractivity contribution is -0.122.